The molecule has 0 N–H and O–H groups in total. The van der Waals surface area contributed by atoms with E-state index in [-0.39, 0.29) is 12.6 Å². The Balaban J connectivity index is 2.12. The lowest BCUT2D eigenvalue weighted by atomic mass is 10.0. The number of hydrogen-bond donors (Lipinski definition) is 0. The lowest BCUT2D eigenvalue weighted by Gasteiger charge is -2.12. The molecular formula is C18H22N4O2. The molecule has 0 saturated carbocycles. The summed E-state index contributed by atoms with van der Waals surface area (Å²) < 4.78 is 5.29. The van der Waals surface area contributed by atoms with Crippen LogP contribution in [0.3, 0.4) is 0 Å². The van der Waals surface area contributed by atoms with Crippen molar-refractivity contribution in [3.8, 4) is 0 Å². The number of carbonyl (C=O) groups is 1. The van der Waals surface area contributed by atoms with Crippen LogP contribution in [-0.4, -0.2) is 40.8 Å². The van der Waals surface area contributed by atoms with Crippen LogP contribution in [0.25, 0.3) is 0 Å². The summed E-state index contributed by atoms with van der Waals surface area (Å²) in [6.45, 7) is 6.84. The summed E-state index contributed by atoms with van der Waals surface area (Å²) >= 11 is 0. The van der Waals surface area contributed by atoms with Crippen molar-refractivity contribution < 1.29 is 9.53 Å². The predicted octanol–water partition coefficient (Wildman–Crippen LogP) is 3.06. The zero-order chi connectivity index (χ0) is 17.5. The van der Waals surface area contributed by atoms with Crippen LogP contribution < -0.4 is 0 Å². The Labute approximate surface area is 142 Å². The molecule has 1 aromatic carbocycles. The first kappa shape index (κ1) is 17.6. The van der Waals surface area contributed by atoms with Gasteiger partial charge in [-0.25, -0.2) is 19.8 Å². The molecule has 6 heteroatoms. The number of aromatic nitrogens is 2. The minimum Gasteiger partial charge on any atom is -0.454 e. The van der Waals surface area contributed by atoms with Gasteiger partial charge in [0.2, 0.25) is 0 Å². The van der Waals surface area contributed by atoms with E-state index in [1.807, 2.05) is 31.9 Å². The van der Waals surface area contributed by atoms with E-state index in [2.05, 4.69) is 21.9 Å². The fourth-order valence-electron chi connectivity index (χ4n) is 2.02. The van der Waals surface area contributed by atoms with Crippen LogP contribution >= 0.6 is 0 Å². The van der Waals surface area contributed by atoms with Gasteiger partial charge in [-0.1, -0.05) is 0 Å². The van der Waals surface area contributed by atoms with Crippen LogP contribution in [0, 0.1) is 13.8 Å². The van der Waals surface area contributed by atoms with E-state index in [0.717, 1.165) is 23.4 Å². The first-order valence-corrected chi connectivity index (χ1v) is 7.80. The Hall–Kier alpha value is -2.76. The SMILES string of the molecule is CCN(C)C=Nc1ccc(C(=O)OCc2ncccn2)c(C)c1C. The summed E-state index contributed by atoms with van der Waals surface area (Å²) in [6.07, 6.45) is 5.02. The van der Waals surface area contributed by atoms with E-state index < -0.39 is 0 Å². The zero-order valence-electron chi connectivity index (χ0n) is 14.5. The maximum Gasteiger partial charge on any atom is 0.338 e. The minimum atomic E-state index is -0.385. The van der Waals surface area contributed by atoms with E-state index >= 15 is 0 Å². The Bertz CT molecular complexity index is 729. The van der Waals surface area contributed by atoms with Crippen molar-refractivity contribution >= 4 is 18.0 Å². The van der Waals surface area contributed by atoms with E-state index in [1.165, 1.54) is 0 Å². The van der Waals surface area contributed by atoms with Crippen LogP contribution in [0.5, 0.6) is 0 Å². The maximum absolute atomic E-state index is 12.3. The minimum absolute atomic E-state index is 0.0549. The number of rotatable bonds is 6. The van der Waals surface area contributed by atoms with Gasteiger partial charge in [0.1, 0.15) is 0 Å². The Morgan fingerprint density at radius 3 is 2.62 bits per heavy atom. The molecule has 6 nitrogen and oxygen atoms in total. The summed E-state index contributed by atoms with van der Waals surface area (Å²) in [5, 5.41) is 0. The number of ether oxygens (including phenoxy) is 1. The lowest BCUT2D eigenvalue weighted by molar-refractivity contribution is 0.0461. The van der Waals surface area contributed by atoms with Crippen molar-refractivity contribution in [2.24, 2.45) is 4.99 Å². The molecule has 0 unspecified atom stereocenters. The highest BCUT2D eigenvalue weighted by atomic mass is 16.5. The monoisotopic (exact) mass is 326 g/mol. The fraction of sp³-hybridized carbons (Fsp3) is 0.333. The van der Waals surface area contributed by atoms with Crippen LogP contribution in [0.15, 0.2) is 35.6 Å². The molecule has 0 aliphatic carbocycles. The molecular weight excluding hydrogens is 304 g/mol. The standard InChI is InChI=1S/C18H22N4O2/c1-5-22(4)12-21-16-8-7-15(13(2)14(16)3)18(23)24-11-17-19-9-6-10-20-17/h6-10,12H,5,11H2,1-4H3. The third-order valence-electron chi connectivity index (χ3n) is 3.82. The zero-order valence-corrected chi connectivity index (χ0v) is 14.5. The molecule has 0 bridgehead atoms. The van der Waals surface area contributed by atoms with E-state index in [9.17, 15) is 4.79 Å². The predicted molar refractivity (Wildman–Crippen MR) is 93.5 cm³/mol. The summed E-state index contributed by atoms with van der Waals surface area (Å²) in [7, 11) is 1.96. The molecule has 126 valence electrons. The van der Waals surface area contributed by atoms with Crippen molar-refractivity contribution in [3.63, 3.8) is 0 Å². The topological polar surface area (TPSA) is 67.7 Å². The van der Waals surface area contributed by atoms with E-state index in [4.69, 9.17) is 4.74 Å². The second kappa shape index (κ2) is 8.19. The molecule has 0 aliphatic rings. The number of hydrogen-bond acceptors (Lipinski definition) is 5. The molecule has 0 radical (unpaired) electrons. The van der Waals surface area contributed by atoms with Crippen LogP contribution in [0.1, 0.15) is 34.2 Å². The first-order chi connectivity index (χ1) is 11.5. The van der Waals surface area contributed by atoms with Gasteiger partial charge in [-0.15, -0.1) is 0 Å². The summed E-state index contributed by atoms with van der Waals surface area (Å²) in [5.74, 6) is 0.0910. The Kier molecular flexibility index (Phi) is 6.01. The average molecular weight is 326 g/mol. The van der Waals surface area contributed by atoms with Gasteiger partial charge >= 0.3 is 5.97 Å². The average Bonchev–Trinajstić information content (AvgIpc) is 2.61. The highest BCUT2D eigenvalue weighted by Crippen LogP contribution is 2.25. The van der Waals surface area contributed by atoms with Gasteiger partial charge in [0.15, 0.2) is 12.4 Å². The number of esters is 1. The van der Waals surface area contributed by atoms with Gasteiger partial charge in [-0.05, 0) is 50.1 Å². The summed E-state index contributed by atoms with van der Waals surface area (Å²) in [5.41, 5.74) is 3.20. The van der Waals surface area contributed by atoms with Gasteiger partial charge in [-0.2, -0.15) is 0 Å². The fourth-order valence-corrected chi connectivity index (χ4v) is 2.02. The summed E-state index contributed by atoms with van der Waals surface area (Å²) in [4.78, 5) is 26.8. The molecule has 0 aliphatic heterocycles. The molecule has 0 saturated heterocycles. The van der Waals surface area contributed by atoms with Crippen molar-refractivity contribution in [1.29, 1.82) is 0 Å². The molecule has 2 aromatic rings. The molecule has 0 fully saturated rings. The van der Waals surface area contributed by atoms with Crippen LogP contribution in [0.2, 0.25) is 0 Å². The second-order valence-electron chi connectivity index (χ2n) is 5.44. The summed E-state index contributed by atoms with van der Waals surface area (Å²) in [6, 6.07) is 5.29. The Morgan fingerprint density at radius 2 is 1.96 bits per heavy atom. The normalized spacial score (nSPS) is 10.8. The maximum atomic E-state index is 12.3. The van der Waals surface area contributed by atoms with Crippen molar-refractivity contribution in [2.75, 3.05) is 13.6 Å². The van der Waals surface area contributed by atoms with Crippen molar-refractivity contribution in [3.05, 3.63) is 53.1 Å². The van der Waals surface area contributed by atoms with Gasteiger partial charge in [0, 0.05) is 26.0 Å². The number of nitrogens with zero attached hydrogens (tertiary/aromatic N) is 4. The first-order valence-electron chi connectivity index (χ1n) is 7.80. The van der Waals surface area contributed by atoms with Crippen LogP contribution in [0.4, 0.5) is 5.69 Å². The second-order valence-corrected chi connectivity index (χ2v) is 5.44. The molecule has 1 aromatic heterocycles. The lowest BCUT2D eigenvalue weighted by Crippen LogP contribution is -2.14. The smallest absolute Gasteiger partial charge is 0.338 e. The number of carbonyl (C=O) groups excluding carboxylic acids is 1. The third-order valence-corrected chi connectivity index (χ3v) is 3.82. The van der Waals surface area contributed by atoms with Crippen LogP contribution in [-0.2, 0) is 11.3 Å². The van der Waals surface area contributed by atoms with Gasteiger partial charge in [-0.3, -0.25) is 0 Å². The van der Waals surface area contributed by atoms with Crippen molar-refractivity contribution in [1.82, 2.24) is 14.9 Å². The van der Waals surface area contributed by atoms with Gasteiger partial charge in [0.25, 0.3) is 0 Å². The van der Waals surface area contributed by atoms with E-state index in [1.54, 1.807) is 30.9 Å². The van der Waals surface area contributed by atoms with Crippen molar-refractivity contribution in [2.45, 2.75) is 27.4 Å². The highest BCUT2D eigenvalue weighted by molar-refractivity contribution is 5.92. The van der Waals surface area contributed by atoms with E-state index in [0.29, 0.717) is 11.4 Å². The molecule has 1 heterocycles. The molecule has 0 atom stereocenters. The largest absolute Gasteiger partial charge is 0.454 e. The molecule has 0 amide bonds. The van der Waals surface area contributed by atoms with Gasteiger partial charge in [0.05, 0.1) is 17.6 Å². The number of benzene rings is 1. The Morgan fingerprint density at radius 1 is 1.25 bits per heavy atom. The molecule has 0 spiro atoms. The third kappa shape index (κ3) is 4.38. The quantitative estimate of drug-likeness (QED) is 0.464. The molecule has 24 heavy (non-hydrogen) atoms. The highest BCUT2D eigenvalue weighted by Gasteiger charge is 2.14. The van der Waals surface area contributed by atoms with Gasteiger partial charge < -0.3 is 9.64 Å². The molecule has 2 rings (SSSR count). The number of aliphatic imine (C=N–C) groups is 1.